The van der Waals surface area contributed by atoms with Crippen LogP contribution >= 0.6 is 0 Å². The summed E-state index contributed by atoms with van der Waals surface area (Å²) in [6.07, 6.45) is 6.00. The van der Waals surface area contributed by atoms with Crippen molar-refractivity contribution in [2.75, 3.05) is 52.4 Å². The van der Waals surface area contributed by atoms with Crippen molar-refractivity contribution < 1.29 is 4.79 Å². The molecule has 24 heavy (non-hydrogen) atoms. The van der Waals surface area contributed by atoms with Gasteiger partial charge in [0.2, 0.25) is 5.91 Å². The van der Waals surface area contributed by atoms with Crippen molar-refractivity contribution in [3.8, 4) is 0 Å². The minimum atomic E-state index is 0.151. The van der Waals surface area contributed by atoms with Crippen LogP contribution in [0.15, 0.2) is 4.99 Å². The molecule has 0 saturated carbocycles. The van der Waals surface area contributed by atoms with Crippen molar-refractivity contribution in [2.24, 2.45) is 10.9 Å². The number of aliphatic imine (C=N–C) groups is 1. The molecule has 2 aliphatic heterocycles. The first kappa shape index (κ1) is 19.0. The Morgan fingerprint density at radius 3 is 2.42 bits per heavy atom. The molecule has 2 N–H and O–H groups in total. The van der Waals surface area contributed by atoms with E-state index >= 15 is 0 Å². The van der Waals surface area contributed by atoms with Crippen molar-refractivity contribution in [3.05, 3.63) is 0 Å². The average Bonchev–Trinajstić information content (AvgIpc) is 3.13. The minimum absolute atomic E-state index is 0.151. The largest absolute Gasteiger partial charge is 0.357 e. The molecule has 1 amide bonds. The van der Waals surface area contributed by atoms with E-state index in [4.69, 9.17) is 0 Å². The van der Waals surface area contributed by atoms with Crippen LogP contribution in [0.3, 0.4) is 0 Å². The van der Waals surface area contributed by atoms with Gasteiger partial charge in [-0.2, -0.15) is 0 Å². The molecular weight excluding hydrogens is 302 g/mol. The van der Waals surface area contributed by atoms with E-state index < -0.39 is 0 Å². The van der Waals surface area contributed by atoms with Crippen molar-refractivity contribution in [1.29, 1.82) is 0 Å². The van der Waals surface area contributed by atoms with Gasteiger partial charge < -0.3 is 20.4 Å². The number of hydrogen-bond donors (Lipinski definition) is 2. The summed E-state index contributed by atoms with van der Waals surface area (Å²) in [5, 5.41) is 6.69. The van der Waals surface area contributed by atoms with E-state index in [0.29, 0.717) is 5.92 Å². The van der Waals surface area contributed by atoms with Crippen LogP contribution in [0.1, 0.15) is 46.0 Å². The second-order valence-electron chi connectivity index (χ2n) is 6.95. The molecule has 0 bridgehead atoms. The number of carbonyl (C=O) groups excluding carboxylic acids is 1. The first-order valence-electron chi connectivity index (χ1n) is 9.75. The molecular formula is C18H35N5O. The standard InChI is InChI=1S/C18H35N5O/c1-3-9-22-12-7-16(8-13-22)14-20-18(19-4-2)21-15-17(24)23-10-5-6-11-23/h16H,3-15H2,1-2H3,(H2,19,20,21). The van der Waals surface area contributed by atoms with Gasteiger partial charge >= 0.3 is 0 Å². The fourth-order valence-corrected chi connectivity index (χ4v) is 3.53. The average molecular weight is 338 g/mol. The topological polar surface area (TPSA) is 60.0 Å². The monoisotopic (exact) mass is 337 g/mol. The molecule has 2 aliphatic rings. The number of carbonyl (C=O) groups is 1. The van der Waals surface area contributed by atoms with Gasteiger partial charge in [-0.05, 0) is 64.6 Å². The van der Waals surface area contributed by atoms with Gasteiger partial charge in [0.25, 0.3) is 0 Å². The van der Waals surface area contributed by atoms with Crippen molar-refractivity contribution in [1.82, 2.24) is 20.4 Å². The molecule has 2 saturated heterocycles. The summed E-state index contributed by atoms with van der Waals surface area (Å²) in [5.41, 5.74) is 0. The van der Waals surface area contributed by atoms with Crippen LogP contribution in [-0.2, 0) is 4.79 Å². The molecule has 0 radical (unpaired) electrons. The normalized spacial score (nSPS) is 20.4. The lowest BCUT2D eigenvalue weighted by Crippen LogP contribution is -2.43. The summed E-state index contributed by atoms with van der Waals surface area (Å²) in [6, 6.07) is 0. The fourth-order valence-electron chi connectivity index (χ4n) is 3.53. The Balaban J connectivity index is 1.72. The maximum atomic E-state index is 12.1. The third kappa shape index (κ3) is 6.30. The third-order valence-electron chi connectivity index (χ3n) is 4.98. The van der Waals surface area contributed by atoms with Crippen LogP contribution in [0.25, 0.3) is 0 Å². The number of piperidine rings is 1. The zero-order valence-electron chi connectivity index (χ0n) is 15.5. The lowest BCUT2D eigenvalue weighted by atomic mass is 9.97. The van der Waals surface area contributed by atoms with Gasteiger partial charge in [0, 0.05) is 26.2 Å². The number of hydrogen-bond acceptors (Lipinski definition) is 3. The highest BCUT2D eigenvalue weighted by Gasteiger charge is 2.19. The summed E-state index contributed by atoms with van der Waals surface area (Å²) in [7, 11) is 0. The Hall–Kier alpha value is -1.30. The van der Waals surface area contributed by atoms with E-state index in [1.54, 1.807) is 0 Å². The van der Waals surface area contributed by atoms with Crippen molar-refractivity contribution in [3.63, 3.8) is 0 Å². The first-order valence-corrected chi connectivity index (χ1v) is 9.75. The van der Waals surface area contributed by atoms with Crippen molar-refractivity contribution >= 4 is 11.9 Å². The summed E-state index contributed by atoms with van der Waals surface area (Å²) < 4.78 is 0. The first-order chi connectivity index (χ1) is 11.7. The van der Waals surface area contributed by atoms with Crippen LogP contribution < -0.4 is 10.6 Å². The molecule has 0 aromatic carbocycles. The maximum Gasteiger partial charge on any atom is 0.244 e. The molecule has 0 aliphatic carbocycles. The third-order valence-corrected chi connectivity index (χ3v) is 4.98. The molecule has 6 heteroatoms. The van der Waals surface area contributed by atoms with E-state index in [0.717, 1.165) is 45.0 Å². The van der Waals surface area contributed by atoms with E-state index in [9.17, 15) is 4.79 Å². The number of likely N-dealkylation sites (tertiary alicyclic amines) is 2. The van der Waals surface area contributed by atoms with E-state index in [1.165, 1.54) is 38.9 Å². The molecule has 2 rings (SSSR count). The smallest absolute Gasteiger partial charge is 0.244 e. The van der Waals surface area contributed by atoms with Gasteiger partial charge in [0.1, 0.15) is 6.54 Å². The summed E-state index contributed by atoms with van der Waals surface area (Å²) in [6.45, 7) is 11.8. The van der Waals surface area contributed by atoms with E-state index in [1.807, 2.05) is 4.90 Å². The van der Waals surface area contributed by atoms with E-state index in [-0.39, 0.29) is 12.5 Å². The molecule has 6 nitrogen and oxygen atoms in total. The lowest BCUT2D eigenvalue weighted by Gasteiger charge is -2.32. The Bertz CT molecular complexity index is 398. The number of amides is 1. The molecule has 138 valence electrons. The molecule has 0 aromatic heterocycles. The van der Waals surface area contributed by atoms with Crippen LogP contribution in [0.4, 0.5) is 0 Å². The maximum absolute atomic E-state index is 12.1. The summed E-state index contributed by atoms with van der Waals surface area (Å²) in [5.74, 6) is 1.63. The van der Waals surface area contributed by atoms with Gasteiger partial charge in [0.05, 0.1) is 0 Å². The molecule has 0 spiro atoms. The van der Waals surface area contributed by atoms with Crippen LogP contribution in [-0.4, -0.2) is 74.0 Å². The number of guanidine groups is 1. The van der Waals surface area contributed by atoms with Crippen molar-refractivity contribution in [2.45, 2.75) is 46.0 Å². The molecule has 0 atom stereocenters. The minimum Gasteiger partial charge on any atom is -0.357 e. The van der Waals surface area contributed by atoms with Gasteiger partial charge in [-0.15, -0.1) is 0 Å². The fraction of sp³-hybridized carbons (Fsp3) is 0.889. The van der Waals surface area contributed by atoms with Crippen LogP contribution in [0.5, 0.6) is 0 Å². The zero-order chi connectivity index (χ0) is 17.2. The second-order valence-corrected chi connectivity index (χ2v) is 6.95. The van der Waals surface area contributed by atoms with Gasteiger partial charge in [0.15, 0.2) is 5.96 Å². The summed E-state index contributed by atoms with van der Waals surface area (Å²) >= 11 is 0. The molecule has 0 unspecified atom stereocenters. The van der Waals surface area contributed by atoms with Gasteiger partial charge in [-0.3, -0.25) is 4.79 Å². The lowest BCUT2D eigenvalue weighted by molar-refractivity contribution is -0.128. The molecule has 2 fully saturated rings. The molecule has 0 aromatic rings. The van der Waals surface area contributed by atoms with Gasteiger partial charge in [-0.25, -0.2) is 4.99 Å². The predicted octanol–water partition coefficient (Wildman–Crippen LogP) is 1.29. The second kappa shape index (κ2) is 10.5. The van der Waals surface area contributed by atoms with Gasteiger partial charge in [-0.1, -0.05) is 6.92 Å². The van der Waals surface area contributed by atoms with Crippen LogP contribution in [0, 0.1) is 5.92 Å². The molecule has 2 heterocycles. The highest BCUT2D eigenvalue weighted by molar-refractivity contribution is 5.85. The quantitative estimate of drug-likeness (QED) is 0.543. The highest BCUT2D eigenvalue weighted by Crippen LogP contribution is 2.16. The van der Waals surface area contributed by atoms with E-state index in [2.05, 4.69) is 34.4 Å². The number of rotatable bonds is 7. The Kier molecular flexibility index (Phi) is 8.36. The zero-order valence-corrected chi connectivity index (χ0v) is 15.5. The SMILES string of the molecule is CCCN1CCC(CNC(=NCC(=O)N2CCCC2)NCC)CC1. The number of nitrogens with zero attached hydrogens (tertiary/aromatic N) is 3. The highest BCUT2D eigenvalue weighted by atomic mass is 16.2. The Morgan fingerprint density at radius 2 is 1.79 bits per heavy atom. The summed E-state index contributed by atoms with van der Waals surface area (Å²) in [4.78, 5) is 21.1. The van der Waals surface area contributed by atoms with Crippen LogP contribution in [0.2, 0.25) is 0 Å². The number of nitrogens with one attached hydrogen (secondary N) is 2. The Labute approximate surface area is 147 Å². The Morgan fingerprint density at radius 1 is 1.08 bits per heavy atom. The predicted molar refractivity (Wildman–Crippen MR) is 99.3 cm³/mol.